The SMILES string of the molecule is c1ccc(-c2ccc(-c3nc(-c4cccc(-c5cccc(-c6cc(-c7ccccc7)cc(-c7nc(-c8ccc(-c9ccccc9)cc8)nc8sc9ccccc9c78)c6)c5)c4)c4c(n3)oc3ccccc34)cc2)cc1. The lowest BCUT2D eigenvalue weighted by molar-refractivity contribution is 0.653. The van der Waals surface area contributed by atoms with Crippen LogP contribution in [0.1, 0.15) is 0 Å². The van der Waals surface area contributed by atoms with Crippen LogP contribution < -0.4 is 0 Å². The van der Waals surface area contributed by atoms with Gasteiger partial charge in [0.1, 0.15) is 10.4 Å². The first kappa shape index (κ1) is 43.2. The van der Waals surface area contributed by atoms with Gasteiger partial charge < -0.3 is 4.42 Å². The van der Waals surface area contributed by atoms with E-state index < -0.39 is 0 Å². The summed E-state index contributed by atoms with van der Waals surface area (Å²) in [4.78, 5) is 22.1. The van der Waals surface area contributed by atoms with Crippen LogP contribution in [-0.2, 0) is 0 Å². The third kappa shape index (κ3) is 7.91. The Bertz CT molecular complexity index is 4400. The van der Waals surface area contributed by atoms with Gasteiger partial charge in [-0.15, -0.1) is 11.3 Å². The molecule has 4 heterocycles. The van der Waals surface area contributed by atoms with Crippen LogP contribution in [0.15, 0.2) is 259 Å². The fraction of sp³-hybridized carbons (Fsp3) is 0. The molecule has 14 aromatic rings. The summed E-state index contributed by atoms with van der Waals surface area (Å²) in [6, 6.07) is 89.7. The number of hydrogen-bond acceptors (Lipinski definition) is 6. The van der Waals surface area contributed by atoms with Crippen molar-refractivity contribution in [3.05, 3.63) is 255 Å². The largest absolute Gasteiger partial charge is 0.438 e. The zero-order valence-corrected chi connectivity index (χ0v) is 40.7. The first-order valence-corrected chi connectivity index (χ1v) is 25.6. The number of aromatic nitrogens is 4. The Morgan fingerprint density at radius 3 is 1.30 bits per heavy atom. The van der Waals surface area contributed by atoms with Crippen LogP contribution in [0.4, 0.5) is 0 Å². The van der Waals surface area contributed by atoms with Crippen molar-refractivity contribution in [1.82, 2.24) is 19.9 Å². The molecule has 4 aromatic heterocycles. The molecular weight excluding hydrogens is 921 g/mol. The van der Waals surface area contributed by atoms with Crippen molar-refractivity contribution in [2.75, 3.05) is 0 Å². The van der Waals surface area contributed by atoms with E-state index in [4.69, 9.17) is 24.4 Å². The van der Waals surface area contributed by atoms with E-state index in [1.54, 1.807) is 11.3 Å². The predicted octanol–water partition coefficient (Wildman–Crippen LogP) is 18.5. The van der Waals surface area contributed by atoms with Crippen LogP contribution in [0.3, 0.4) is 0 Å². The maximum atomic E-state index is 6.46. The Morgan fingerprint density at radius 1 is 0.270 bits per heavy atom. The van der Waals surface area contributed by atoms with Crippen molar-refractivity contribution in [3.8, 4) is 101 Å². The third-order valence-corrected chi connectivity index (χ3v) is 15.0. The first-order valence-electron chi connectivity index (χ1n) is 24.8. The lowest BCUT2D eigenvalue weighted by atomic mass is 9.92. The van der Waals surface area contributed by atoms with Gasteiger partial charge in [-0.1, -0.05) is 212 Å². The maximum Gasteiger partial charge on any atom is 0.231 e. The molecule has 0 amide bonds. The Labute approximate surface area is 431 Å². The summed E-state index contributed by atoms with van der Waals surface area (Å²) in [6.45, 7) is 0. The molecule has 0 N–H and O–H groups in total. The van der Waals surface area contributed by atoms with Crippen molar-refractivity contribution >= 4 is 53.7 Å². The van der Waals surface area contributed by atoms with Crippen molar-refractivity contribution in [1.29, 1.82) is 0 Å². The number of benzene rings is 10. The van der Waals surface area contributed by atoms with Gasteiger partial charge in [-0.2, -0.15) is 4.98 Å². The van der Waals surface area contributed by atoms with Gasteiger partial charge in [0.05, 0.1) is 16.8 Å². The number of fused-ring (bicyclic) bond motifs is 6. The average Bonchev–Trinajstić information content (AvgIpc) is 4.08. The zero-order valence-electron chi connectivity index (χ0n) is 39.9. The lowest BCUT2D eigenvalue weighted by Crippen LogP contribution is -1.95. The summed E-state index contributed by atoms with van der Waals surface area (Å²) < 4.78 is 7.64. The third-order valence-electron chi connectivity index (χ3n) is 14.0. The van der Waals surface area contributed by atoms with Gasteiger partial charge in [0.25, 0.3) is 0 Å². The van der Waals surface area contributed by atoms with Crippen molar-refractivity contribution in [3.63, 3.8) is 0 Å². The highest BCUT2D eigenvalue weighted by molar-refractivity contribution is 7.25. The standard InChI is InChI=1S/C68H42N4OS/c1-4-16-43(17-5-1)46-30-34-48(35-31-46)65-69-63(61-57-26-10-12-28-59(57)73-67(61)71-65)53-25-15-23-51(39-53)50-22-14-24-52(38-50)55-40-54(45-20-8-3-9-21-45)41-56(42-55)64-62-58-27-11-13-29-60(58)74-68(62)72-66(70-64)49-36-32-47(33-37-49)44-18-6-2-7-19-44/h1-42H. The number of furan rings is 1. The Hall–Kier alpha value is -9.62. The molecule has 5 nitrogen and oxygen atoms in total. The van der Waals surface area contributed by atoms with E-state index in [1.807, 2.05) is 30.3 Å². The summed E-state index contributed by atoms with van der Waals surface area (Å²) in [5.41, 5.74) is 18.2. The highest BCUT2D eigenvalue weighted by atomic mass is 32.1. The van der Waals surface area contributed by atoms with E-state index >= 15 is 0 Å². The van der Waals surface area contributed by atoms with Crippen LogP contribution in [0.5, 0.6) is 0 Å². The first-order chi connectivity index (χ1) is 36.6. The molecule has 0 bridgehead atoms. The number of para-hydroxylation sites is 1. The molecule has 0 aliphatic rings. The van der Waals surface area contributed by atoms with Gasteiger partial charge in [-0.25, -0.2) is 15.0 Å². The summed E-state index contributed by atoms with van der Waals surface area (Å²) >= 11 is 1.72. The Morgan fingerprint density at radius 2 is 0.676 bits per heavy atom. The number of nitrogens with zero attached hydrogens (tertiary/aromatic N) is 4. The summed E-state index contributed by atoms with van der Waals surface area (Å²) in [5, 5.41) is 4.09. The predicted molar refractivity (Wildman–Crippen MR) is 307 cm³/mol. The molecular formula is C68H42N4OS. The fourth-order valence-corrected chi connectivity index (χ4v) is 11.3. The molecule has 346 valence electrons. The van der Waals surface area contributed by atoms with Gasteiger partial charge in [0, 0.05) is 43.1 Å². The molecule has 10 aromatic carbocycles. The molecule has 0 unspecified atom stereocenters. The topological polar surface area (TPSA) is 64.7 Å². The zero-order chi connectivity index (χ0) is 49.0. The molecule has 14 rings (SSSR count). The molecule has 6 heteroatoms. The normalized spacial score (nSPS) is 11.5. The van der Waals surface area contributed by atoms with Crippen LogP contribution >= 0.6 is 11.3 Å². The molecule has 0 saturated heterocycles. The fourth-order valence-electron chi connectivity index (χ4n) is 10.3. The Balaban J connectivity index is 0.889. The molecule has 0 aliphatic carbocycles. The second-order valence-corrected chi connectivity index (χ2v) is 19.6. The summed E-state index contributed by atoms with van der Waals surface area (Å²) in [6.07, 6.45) is 0. The summed E-state index contributed by atoms with van der Waals surface area (Å²) in [7, 11) is 0. The van der Waals surface area contributed by atoms with Crippen molar-refractivity contribution < 1.29 is 4.42 Å². The quantitative estimate of drug-likeness (QED) is 0.144. The van der Waals surface area contributed by atoms with Crippen molar-refractivity contribution in [2.24, 2.45) is 0 Å². The highest BCUT2D eigenvalue weighted by Crippen LogP contribution is 2.43. The minimum absolute atomic E-state index is 0.560. The summed E-state index contributed by atoms with van der Waals surface area (Å²) in [5.74, 6) is 1.31. The highest BCUT2D eigenvalue weighted by Gasteiger charge is 2.21. The number of rotatable bonds is 9. The molecule has 0 atom stereocenters. The molecule has 0 fully saturated rings. The molecule has 0 spiro atoms. The Kier molecular flexibility index (Phi) is 10.6. The van der Waals surface area contributed by atoms with Crippen molar-refractivity contribution in [2.45, 2.75) is 0 Å². The number of hydrogen-bond donors (Lipinski definition) is 0. The average molecular weight is 963 g/mol. The lowest BCUT2D eigenvalue weighted by Gasteiger charge is -2.14. The monoisotopic (exact) mass is 962 g/mol. The van der Waals surface area contributed by atoms with Gasteiger partial charge in [-0.3, -0.25) is 0 Å². The van der Waals surface area contributed by atoms with E-state index in [2.05, 4.69) is 224 Å². The van der Waals surface area contributed by atoms with E-state index in [9.17, 15) is 0 Å². The molecule has 0 saturated carbocycles. The van der Waals surface area contributed by atoms with Crippen LogP contribution in [0.2, 0.25) is 0 Å². The second kappa shape index (κ2) is 18.2. The van der Waals surface area contributed by atoms with E-state index in [1.165, 1.54) is 10.3 Å². The van der Waals surface area contributed by atoms with Crippen LogP contribution in [0.25, 0.3) is 143 Å². The van der Waals surface area contributed by atoms with E-state index in [0.717, 1.165) is 116 Å². The second-order valence-electron chi connectivity index (χ2n) is 18.6. The minimum Gasteiger partial charge on any atom is -0.438 e. The number of thiophene rings is 1. The smallest absolute Gasteiger partial charge is 0.231 e. The van der Waals surface area contributed by atoms with E-state index in [0.29, 0.717) is 17.4 Å². The van der Waals surface area contributed by atoms with Crippen LogP contribution in [0, 0.1) is 0 Å². The van der Waals surface area contributed by atoms with Gasteiger partial charge in [0.15, 0.2) is 11.6 Å². The van der Waals surface area contributed by atoms with Crippen LogP contribution in [-0.4, -0.2) is 19.9 Å². The van der Waals surface area contributed by atoms with Gasteiger partial charge in [-0.05, 0) is 98.1 Å². The van der Waals surface area contributed by atoms with E-state index in [-0.39, 0.29) is 0 Å². The van der Waals surface area contributed by atoms with Gasteiger partial charge in [0.2, 0.25) is 5.71 Å². The molecule has 74 heavy (non-hydrogen) atoms. The molecule has 0 aliphatic heterocycles. The molecule has 0 radical (unpaired) electrons. The maximum absolute atomic E-state index is 6.46. The van der Waals surface area contributed by atoms with Gasteiger partial charge >= 0.3 is 0 Å². The minimum atomic E-state index is 0.560.